The van der Waals surface area contributed by atoms with E-state index < -0.39 is 36.8 Å². The van der Waals surface area contributed by atoms with E-state index >= 15 is 0 Å². The molecule has 8 nitrogen and oxygen atoms in total. The molecule has 0 bridgehead atoms. The minimum Gasteiger partial charge on any atom is -0.497 e. The number of carbonyl (C=O) groups is 1. The Balaban J connectivity index is 2.09. The van der Waals surface area contributed by atoms with Gasteiger partial charge in [-0.3, -0.25) is 4.79 Å². The van der Waals surface area contributed by atoms with Gasteiger partial charge in [0.25, 0.3) is 0 Å². The van der Waals surface area contributed by atoms with Gasteiger partial charge in [0.2, 0.25) is 15.9 Å². The van der Waals surface area contributed by atoms with Crippen molar-refractivity contribution >= 4 is 25.8 Å². The Morgan fingerprint density at radius 2 is 1.88 bits per heavy atom. The van der Waals surface area contributed by atoms with E-state index in [1.54, 1.807) is 12.1 Å². The number of carbonyl (C=O) groups excluding carboxylic acids is 1. The number of methoxy groups -OCH3 is 1. The molecule has 0 aliphatic carbocycles. The van der Waals surface area contributed by atoms with Gasteiger partial charge in [-0.1, -0.05) is 6.07 Å². The van der Waals surface area contributed by atoms with Crippen LogP contribution >= 0.6 is 0 Å². The monoisotopic (exact) mass is 390 g/mol. The Morgan fingerprint density at radius 1 is 1.24 bits per heavy atom. The average Bonchev–Trinajstić information content (AvgIpc) is 2.61. The molecule has 10 heteroatoms. The Morgan fingerprint density at radius 3 is 2.44 bits per heavy atom. The van der Waals surface area contributed by atoms with Gasteiger partial charge in [0, 0.05) is 26.2 Å². The maximum Gasteiger partial charge on any atom is 0.243 e. The topological polar surface area (TPSA) is 110 Å². The molecule has 1 heterocycles. The van der Waals surface area contributed by atoms with Crippen LogP contribution in [0.2, 0.25) is 0 Å². The summed E-state index contributed by atoms with van der Waals surface area (Å²) in [6.45, 7) is 0.189. The zero-order valence-electron chi connectivity index (χ0n) is 14.1. The fourth-order valence-corrected chi connectivity index (χ4v) is 5.89. The second kappa shape index (κ2) is 7.71. The molecule has 1 aromatic carbocycles. The summed E-state index contributed by atoms with van der Waals surface area (Å²) < 4.78 is 56.1. The quantitative estimate of drug-likeness (QED) is 0.733. The molecule has 0 aromatic heterocycles. The summed E-state index contributed by atoms with van der Waals surface area (Å²) in [5, 5.41) is 1.58. The van der Waals surface area contributed by atoms with Gasteiger partial charge in [-0.15, -0.1) is 0 Å². The number of sulfone groups is 1. The first-order valence-electron chi connectivity index (χ1n) is 7.77. The molecule has 140 valence electrons. The van der Waals surface area contributed by atoms with Gasteiger partial charge < -0.3 is 10.1 Å². The predicted octanol–water partition coefficient (Wildman–Crippen LogP) is 0.00910. The molecule has 1 fully saturated rings. The Kier molecular flexibility index (Phi) is 6.07. The van der Waals surface area contributed by atoms with Crippen LogP contribution in [0.1, 0.15) is 12.8 Å². The van der Waals surface area contributed by atoms with Crippen molar-refractivity contribution in [1.29, 1.82) is 0 Å². The minimum absolute atomic E-state index is 0.0944. The number of ether oxygens (including phenoxy) is 1. The van der Waals surface area contributed by atoms with E-state index in [1.807, 2.05) is 0 Å². The molecule has 1 N–H and O–H groups in total. The third-order valence-electron chi connectivity index (χ3n) is 4.20. The smallest absolute Gasteiger partial charge is 0.243 e. The van der Waals surface area contributed by atoms with Crippen LogP contribution in [0.15, 0.2) is 29.2 Å². The summed E-state index contributed by atoms with van der Waals surface area (Å²) in [5.74, 6) is -0.702. The normalized spacial score (nSPS) is 17.2. The lowest BCUT2D eigenvalue weighted by atomic mass is 10.2. The van der Waals surface area contributed by atoms with E-state index in [-0.39, 0.29) is 30.8 Å². The first-order valence-corrected chi connectivity index (χ1v) is 10.9. The molecule has 1 aliphatic heterocycles. The maximum atomic E-state index is 12.7. The summed E-state index contributed by atoms with van der Waals surface area (Å²) in [6, 6.07) is 6.15. The number of sulfonamides is 1. The Bertz CT molecular complexity index is 827. The highest BCUT2D eigenvalue weighted by atomic mass is 32.2. The second-order valence-corrected chi connectivity index (χ2v) is 9.98. The summed E-state index contributed by atoms with van der Waals surface area (Å²) in [5.41, 5.74) is 0. The SMILES string of the molecule is CNC(=O)CS(=O)(=O)C1CCN(S(=O)(=O)c2cccc(OC)c2)CC1. The van der Waals surface area contributed by atoms with Crippen LogP contribution in [0.4, 0.5) is 0 Å². The van der Waals surface area contributed by atoms with Gasteiger partial charge in [-0.2, -0.15) is 4.31 Å². The number of amides is 1. The maximum absolute atomic E-state index is 12.7. The van der Waals surface area contributed by atoms with E-state index in [1.165, 1.54) is 30.6 Å². The minimum atomic E-state index is -3.71. The second-order valence-electron chi connectivity index (χ2n) is 5.76. The average molecular weight is 390 g/mol. The van der Waals surface area contributed by atoms with Crippen molar-refractivity contribution in [3.05, 3.63) is 24.3 Å². The molecular formula is C15H22N2O6S2. The van der Waals surface area contributed by atoms with Crippen LogP contribution < -0.4 is 10.1 Å². The van der Waals surface area contributed by atoms with Crippen molar-refractivity contribution in [3.63, 3.8) is 0 Å². The summed E-state index contributed by atoms with van der Waals surface area (Å²) >= 11 is 0. The first-order chi connectivity index (χ1) is 11.7. The fourth-order valence-electron chi connectivity index (χ4n) is 2.72. The number of nitrogens with one attached hydrogen (secondary N) is 1. The number of benzene rings is 1. The van der Waals surface area contributed by atoms with E-state index in [0.717, 1.165) is 0 Å². The summed E-state index contributed by atoms with van der Waals surface area (Å²) in [4.78, 5) is 11.4. The van der Waals surface area contributed by atoms with Gasteiger partial charge >= 0.3 is 0 Å². The van der Waals surface area contributed by atoms with Gasteiger partial charge in [-0.25, -0.2) is 16.8 Å². The molecule has 0 radical (unpaired) electrons. The van der Waals surface area contributed by atoms with Crippen LogP contribution in [0.5, 0.6) is 5.75 Å². The largest absolute Gasteiger partial charge is 0.497 e. The highest BCUT2D eigenvalue weighted by Crippen LogP contribution is 2.26. The lowest BCUT2D eigenvalue weighted by Gasteiger charge is -2.30. The molecule has 25 heavy (non-hydrogen) atoms. The molecule has 2 rings (SSSR count). The fraction of sp³-hybridized carbons (Fsp3) is 0.533. The van der Waals surface area contributed by atoms with Crippen LogP contribution in [0.25, 0.3) is 0 Å². The van der Waals surface area contributed by atoms with Crippen LogP contribution in [-0.2, 0) is 24.7 Å². The lowest BCUT2D eigenvalue weighted by Crippen LogP contribution is -2.44. The van der Waals surface area contributed by atoms with Crippen molar-refractivity contribution in [2.24, 2.45) is 0 Å². The van der Waals surface area contributed by atoms with Crippen molar-refractivity contribution in [2.45, 2.75) is 23.0 Å². The number of hydrogen-bond acceptors (Lipinski definition) is 6. The van der Waals surface area contributed by atoms with Gasteiger partial charge in [0.15, 0.2) is 9.84 Å². The van der Waals surface area contributed by atoms with Gasteiger partial charge in [0.05, 0.1) is 17.3 Å². The van der Waals surface area contributed by atoms with Crippen LogP contribution in [0.3, 0.4) is 0 Å². The van der Waals surface area contributed by atoms with E-state index in [4.69, 9.17) is 4.74 Å². The molecule has 1 aromatic rings. The highest BCUT2D eigenvalue weighted by Gasteiger charge is 2.35. The summed E-state index contributed by atoms with van der Waals surface area (Å²) in [7, 11) is -4.48. The third kappa shape index (κ3) is 4.50. The number of nitrogens with zero attached hydrogens (tertiary/aromatic N) is 1. The van der Waals surface area contributed by atoms with Crippen molar-refractivity contribution in [2.75, 3.05) is 33.0 Å². The lowest BCUT2D eigenvalue weighted by molar-refractivity contribution is -0.118. The molecule has 1 aliphatic rings. The van der Waals surface area contributed by atoms with E-state index in [2.05, 4.69) is 5.32 Å². The predicted molar refractivity (Wildman–Crippen MR) is 92.6 cm³/mol. The zero-order valence-corrected chi connectivity index (χ0v) is 15.8. The highest BCUT2D eigenvalue weighted by molar-refractivity contribution is 7.92. The van der Waals surface area contributed by atoms with Crippen molar-refractivity contribution in [1.82, 2.24) is 9.62 Å². The Labute approximate surface area is 148 Å². The van der Waals surface area contributed by atoms with Crippen LogP contribution in [0, 0.1) is 0 Å². The summed E-state index contributed by atoms with van der Waals surface area (Å²) in [6.07, 6.45) is 0.338. The van der Waals surface area contributed by atoms with E-state index in [9.17, 15) is 21.6 Å². The van der Waals surface area contributed by atoms with Gasteiger partial charge in [0.1, 0.15) is 11.5 Å². The van der Waals surface area contributed by atoms with Crippen molar-refractivity contribution < 1.29 is 26.4 Å². The standard InChI is InChI=1S/C15H22N2O6S2/c1-16-15(18)11-24(19,20)13-6-8-17(9-7-13)25(21,22)14-5-3-4-12(10-14)23-2/h3-5,10,13H,6-9,11H2,1-2H3,(H,16,18). The Hall–Kier alpha value is -1.65. The first kappa shape index (κ1) is 19.7. The molecule has 0 atom stereocenters. The zero-order chi connectivity index (χ0) is 18.7. The van der Waals surface area contributed by atoms with Gasteiger partial charge in [-0.05, 0) is 25.0 Å². The van der Waals surface area contributed by atoms with E-state index in [0.29, 0.717) is 5.75 Å². The molecule has 1 saturated heterocycles. The number of hydrogen-bond donors (Lipinski definition) is 1. The number of piperidine rings is 1. The third-order valence-corrected chi connectivity index (χ3v) is 8.25. The van der Waals surface area contributed by atoms with Crippen molar-refractivity contribution in [3.8, 4) is 5.75 Å². The molecule has 0 unspecified atom stereocenters. The number of rotatable bonds is 6. The molecular weight excluding hydrogens is 368 g/mol. The molecule has 1 amide bonds. The molecule has 0 saturated carbocycles. The molecule has 0 spiro atoms. The van der Waals surface area contributed by atoms with Crippen LogP contribution in [-0.4, -0.2) is 65.3 Å².